The van der Waals surface area contributed by atoms with E-state index in [9.17, 15) is 27.9 Å². The number of carboxylic acid groups (broad SMARTS) is 1. The molecule has 0 saturated carbocycles. The fourth-order valence-corrected chi connectivity index (χ4v) is 5.03. The average molecular weight is 563 g/mol. The Balaban J connectivity index is 1.34. The number of pyridine rings is 1. The van der Waals surface area contributed by atoms with Crippen molar-refractivity contribution in [1.29, 1.82) is 0 Å². The van der Waals surface area contributed by atoms with Gasteiger partial charge in [0.25, 0.3) is 5.56 Å². The smallest absolute Gasteiger partial charge is 0.330 e. The van der Waals surface area contributed by atoms with Crippen LogP contribution in [0.4, 0.5) is 11.4 Å². The van der Waals surface area contributed by atoms with Crippen molar-refractivity contribution in [2.45, 2.75) is 36.7 Å². The molecule has 0 saturated heterocycles. The van der Waals surface area contributed by atoms with Gasteiger partial charge in [0.15, 0.2) is 16.7 Å². The topological polar surface area (TPSA) is 157 Å². The molecular weight excluding hydrogens is 532 g/mol. The predicted molar refractivity (Wildman–Crippen MR) is 154 cm³/mol. The van der Waals surface area contributed by atoms with Gasteiger partial charge < -0.3 is 26.0 Å². The fourth-order valence-electron chi connectivity index (χ4n) is 4.45. The second-order valence-electron chi connectivity index (χ2n) is 9.30. The predicted octanol–water partition coefficient (Wildman–Crippen LogP) is 3.42. The third-order valence-electron chi connectivity index (χ3n) is 6.44. The minimum Gasteiger partial charge on any atom is -0.479 e. The molecule has 5 N–H and O–H groups in total. The summed E-state index contributed by atoms with van der Waals surface area (Å²) >= 11 is 0. The Morgan fingerprint density at radius 2 is 1.73 bits per heavy atom. The lowest BCUT2D eigenvalue weighted by molar-refractivity contribution is -0.138. The van der Waals surface area contributed by atoms with Gasteiger partial charge in [-0.05, 0) is 78.4 Å². The van der Waals surface area contributed by atoms with Gasteiger partial charge in [-0.3, -0.25) is 9.59 Å². The zero-order chi connectivity index (χ0) is 28.6. The molecule has 1 heterocycles. The standard InChI is InChI=1S/C29H30N4O6S/c1-30-17-21-15-22(11-12-25(21)40(38)39)32-26(34)4-2-3-18-5-7-20(8-6-18)27(29(36)37)33-23-10-9-19-13-14-31-28(35)24(19)16-23/h5-16,27,30,33,40H,2-4,17H2,1H3,(H,31,35)(H,32,34)(H,36,37). The Morgan fingerprint density at radius 3 is 2.42 bits per heavy atom. The van der Waals surface area contributed by atoms with Gasteiger partial charge in [-0.15, -0.1) is 0 Å². The lowest BCUT2D eigenvalue weighted by atomic mass is 10.0. The summed E-state index contributed by atoms with van der Waals surface area (Å²) in [6.07, 6.45) is 3.02. The number of aromatic amines is 1. The van der Waals surface area contributed by atoms with Gasteiger partial charge in [-0.2, -0.15) is 0 Å². The van der Waals surface area contributed by atoms with E-state index in [0.29, 0.717) is 47.3 Å². The number of nitrogens with one attached hydrogen (secondary N) is 4. The summed E-state index contributed by atoms with van der Waals surface area (Å²) in [4.78, 5) is 39.4. The molecule has 1 atom stereocenters. The summed E-state index contributed by atoms with van der Waals surface area (Å²) in [6, 6.07) is 17.7. The quantitative estimate of drug-likeness (QED) is 0.143. The number of carbonyl (C=O) groups is 2. The zero-order valence-electron chi connectivity index (χ0n) is 21.8. The molecule has 0 radical (unpaired) electrons. The Morgan fingerprint density at radius 1 is 0.975 bits per heavy atom. The van der Waals surface area contributed by atoms with Crippen LogP contribution < -0.4 is 21.5 Å². The highest BCUT2D eigenvalue weighted by molar-refractivity contribution is 7.72. The minimum absolute atomic E-state index is 0.185. The first-order valence-corrected chi connectivity index (χ1v) is 13.8. The van der Waals surface area contributed by atoms with E-state index in [0.717, 1.165) is 10.9 Å². The molecule has 0 bridgehead atoms. The van der Waals surface area contributed by atoms with E-state index < -0.39 is 22.7 Å². The first-order chi connectivity index (χ1) is 19.2. The molecule has 0 aliphatic rings. The summed E-state index contributed by atoms with van der Waals surface area (Å²) in [7, 11) is -1.01. The number of benzene rings is 3. The summed E-state index contributed by atoms with van der Waals surface area (Å²) in [5.74, 6) is -1.24. The SMILES string of the molecule is CNCc1cc(NC(=O)CCCc2ccc(C(Nc3ccc4cc[nH]c(=O)c4c3)C(=O)O)cc2)ccc1[SH](=O)=O. The number of H-pyrrole nitrogens is 1. The number of fused-ring (bicyclic) bond motifs is 1. The first-order valence-electron chi connectivity index (χ1n) is 12.7. The molecule has 1 unspecified atom stereocenters. The highest BCUT2D eigenvalue weighted by Crippen LogP contribution is 2.24. The van der Waals surface area contributed by atoms with Crippen molar-refractivity contribution in [2.24, 2.45) is 0 Å². The molecule has 0 aliphatic heterocycles. The Labute approximate surface area is 232 Å². The van der Waals surface area contributed by atoms with E-state index in [1.165, 1.54) is 6.07 Å². The molecule has 3 aromatic carbocycles. The number of carboxylic acids is 1. The van der Waals surface area contributed by atoms with E-state index in [1.54, 1.807) is 61.8 Å². The van der Waals surface area contributed by atoms with Crippen molar-refractivity contribution in [1.82, 2.24) is 10.3 Å². The van der Waals surface area contributed by atoms with Crippen LogP contribution >= 0.6 is 0 Å². The maximum atomic E-state index is 12.4. The highest BCUT2D eigenvalue weighted by atomic mass is 32.2. The van der Waals surface area contributed by atoms with Crippen LogP contribution in [0.2, 0.25) is 0 Å². The van der Waals surface area contributed by atoms with Gasteiger partial charge in [0, 0.05) is 35.9 Å². The molecular formula is C29H30N4O6S. The van der Waals surface area contributed by atoms with Gasteiger partial charge in [-0.25, -0.2) is 13.2 Å². The molecule has 0 fully saturated rings. The number of carbonyl (C=O) groups excluding carboxylic acids is 1. The van der Waals surface area contributed by atoms with Crippen LogP contribution in [-0.4, -0.2) is 37.4 Å². The molecule has 4 aromatic rings. The molecule has 1 aromatic heterocycles. The summed E-state index contributed by atoms with van der Waals surface area (Å²) in [6.45, 7) is 0.360. The van der Waals surface area contributed by atoms with Crippen molar-refractivity contribution < 1.29 is 23.1 Å². The largest absolute Gasteiger partial charge is 0.479 e. The fraction of sp³-hybridized carbons (Fsp3) is 0.207. The molecule has 0 spiro atoms. The minimum atomic E-state index is -2.73. The lowest BCUT2D eigenvalue weighted by Gasteiger charge is -2.17. The van der Waals surface area contributed by atoms with Crippen LogP contribution in [0.25, 0.3) is 10.8 Å². The number of hydrogen-bond donors (Lipinski definition) is 6. The Hall–Kier alpha value is -4.48. The number of aryl methyl sites for hydroxylation is 1. The number of amides is 1. The number of rotatable bonds is 12. The van der Waals surface area contributed by atoms with Crippen LogP contribution in [0.5, 0.6) is 0 Å². The van der Waals surface area contributed by atoms with Crippen molar-refractivity contribution in [3.8, 4) is 0 Å². The van der Waals surface area contributed by atoms with E-state index in [2.05, 4.69) is 20.9 Å². The van der Waals surface area contributed by atoms with Gasteiger partial charge in [-0.1, -0.05) is 30.3 Å². The second-order valence-corrected chi connectivity index (χ2v) is 10.3. The normalized spacial score (nSPS) is 11.8. The maximum Gasteiger partial charge on any atom is 0.330 e. The maximum absolute atomic E-state index is 12.4. The number of thiol groups is 1. The third kappa shape index (κ3) is 7.13. The number of aliphatic carboxylic acids is 1. The van der Waals surface area contributed by atoms with Crippen molar-refractivity contribution in [2.75, 3.05) is 17.7 Å². The van der Waals surface area contributed by atoms with Crippen LogP contribution in [0.1, 0.15) is 35.6 Å². The molecule has 11 heteroatoms. The number of aromatic nitrogens is 1. The third-order valence-corrected chi connectivity index (χ3v) is 7.27. The number of hydrogen-bond acceptors (Lipinski definition) is 7. The molecule has 4 rings (SSSR count). The Kier molecular flexibility index (Phi) is 9.31. The molecule has 10 nitrogen and oxygen atoms in total. The van der Waals surface area contributed by atoms with Crippen LogP contribution in [-0.2, 0) is 33.3 Å². The van der Waals surface area contributed by atoms with Gasteiger partial charge in [0.1, 0.15) is 0 Å². The highest BCUT2D eigenvalue weighted by Gasteiger charge is 2.20. The first kappa shape index (κ1) is 28.5. The van der Waals surface area contributed by atoms with E-state index in [1.807, 2.05) is 12.1 Å². The van der Waals surface area contributed by atoms with Gasteiger partial charge in [0.2, 0.25) is 5.91 Å². The van der Waals surface area contributed by atoms with Gasteiger partial charge in [0.05, 0.1) is 4.90 Å². The average Bonchev–Trinajstić information content (AvgIpc) is 2.92. The molecule has 40 heavy (non-hydrogen) atoms. The molecule has 1 amide bonds. The summed E-state index contributed by atoms with van der Waals surface area (Å²) < 4.78 is 22.8. The van der Waals surface area contributed by atoms with E-state index in [-0.39, 0.29) is 22.8 Å². The van der Waals surface area contributed by atoms with E-state index >= 15 is 0 Å². The van der Waals surface area contributed by atoms with Crippen LogP contribution in [0.3, 0.4) is 0 Å². The van der Waals surface area contributed by atoms with Crippen molar-refractivity contribution in [3.05, 3.63) is 100.0 Å². The zero-order valence-corrected chi connectivity index (χ0v) is 22.7. The van der Waals surface area contributed by atoms with Crippen LogP contribution in [0.15, 0.2) is 82.6 Å². The van der Waals surface area contributed by atoms with Crippen molar-refractivity contribution >= 4 is 44.7 Å². The van der Waals surface area contributed by atoms with Gasteiger partial charge >= 0.3 is 5.97 Å². The van der Waals surface area contributed by atoms with Crippen molar-refractivity contribution in [3.63, 3.8) is 0 Å². The lowest BCUT2D eigenvalue weighted by Crippen LogP contribution is -2.20. The number of anilines is 2. The summed E-state index contributed by atoms with van der Waals surface area (Å²) in [5, 5.41) is 19.8. The molecule has 208 valence electrons. The van der Waals surface area contributed by atoms with Crippen LogP contribution in [0, 0.1) is 0 Å². The van der Waals surface area contributed by atoms with E-state index in [4.69, 9.17) is 0 Å². The second kappa shape index (κ2) is 13.0. The Bertz CT molecular complexity index is 1660. The molecule has 0 aliphatic carbocycles. The monoisotopic (exact) mass is 562 g/mol. The summed E-state index contributed by atoms with van der Waals surface area (Å²) in [5.41, 5.74) is 2.89.